The van der Waals surface area contributed by atoms with E-state index in [1.54, 1.807) is 12.1 Å². The number of amides is 1. The van der Waals surface area contributed by atoms with Gasteiger partial charge in [-0.15, -0.1) is 0 Å². The number of carbonyl (C=O) groups is 1. The first-order valence-electron chi connectivity index (χ1n) is 4.68. The number of anilines is 1. The van der Waals surface area contributed by atoms with Crippen LogP contribution in [-0.2, 0) is 0 Å². The molecule has 2 rings (SSSR count). The van der Waals surface area contributed by atoms with E-state index in [1.165, 1.54) is 12.3 Å². The molecule has 92 valence electrons. The van der Waals surface area contributed by atoms with Gasteiger partial charge < -0.3 is 5.32 Å². The van der Waals surface area contributed by atoms with Crippen molar-refractivity contribution in [2.24, 2.45) is 0 Å². The van der Waals surface area contributed by atoms with Crippen LogP contribution in [0, 0.1) is 0 Å². The normalized spacial score (nSPS) is 10.2. The molecule has 0 atom stereocenters. The molecule has 0 spiro atoms. The number of rotatable bonds is 2. The molecule has 1 amide bonds. The van der Waals surface area contributed by atoms with Gasteiger partial charge in [-0.3, -0.25) is 4.79 Å². The van der Waals surface area contributed by atoms with Gasteiger partial charge in [-0.25, -0.2) is 15.0 Å². The second-order valence-corrected chi connectivity index (χ2v) is 4.71. The van der Waals surface area contributed by atoms with Crippen LogP contribution in [0.4, 0.5) is 5.82 Å². The quantitative estimate of drug-likeness (QED) is 0.669. The molecule has 0 saturated heterocycles. The molecule has 2 heterocycles. The molecular formula is C10H5BrCl2N4O. The number of nitrogens with one attached hydrogen (secondary N) is 1. The molecule has 0 aliphatic heterocycles. The van der Waals surface area contributed by atoms with Crippen LogP contribution >= 0.6 is 39.1 Å². The largest absolute Gasteiger partial charge is 0.305 e. The van der Waals surface area contributed by atoms with Gasteiger partial charge >= 0.3 is 0 Å². The Kier molecular flexibility index (Phi) is 4.11. The fraction of sp³-hybridized carbons (Fsp3) is 0. The number of halogens is 3. The van der Waals surface area contributed by atoms with E-state index in [0.29, 0.717) is 4.47 Å². The highest BCUT2D eigenvalue weighted by molar-refractivity contribution is 9.10. The summed E-state index contributed by atoms with van der Waals surface area (Å²) in [5, 5.41) is 2.63. The van der Waals surface area contributed by atoms with Crippen molar-refractivity contribution in [3.05, 3.63) is 45.0 Å². The number of pyridine rings is 1. The second kappa shape index (κ2) is 5.60. The minimum absolute atomic E-state index is 0.0436. The zero-order chi connectivity index (χ0) is 13.1. The molecule has 8 heteroatoms. The van der Waals surface area contributed by atoms with Crippen molar-refractivity contribution in [2.75, 3.05) is 5.32 Å². The van der Waals surface area contributed by atoms with Gasteiger partial charge in [0, 0.05) is 16.7 Å². The van der Waals surface area contributed by atoms with Gasteiger partial charge in [0.25, 0.3) is 5.91 Å². The van der Waals surface area contributed by atoms with Crippen LogP contribution in [0.1, 0.15) is 10.5 Å². The van der Waals surface area contributed by atoms with Crippen molar-refractivity contribution in [2.45, 2.75) is 0 Å². The molecule has 0 saturated carbocycles. The maximum absolute atomic E-state index is 11.9. The zero-order valence-electron chi connectivity index (χ0n) is 8.69. The molecule has 5 nitrogen and oxygen atoms in total. The summed E-state index contributed by atoms with van der Waals surface area (Å²) in [4.78, 5) is 23.4. The molecule has 0 aromatic carbocycles. The van der Waals surface area contributed by atoms with Crippen molar-refractivity contribution >= 4 is 50.9 Å². The summed E-state index contributed by atoms with van der Waals surface area (Å²) >= 11 is 14.6. The first kappa shape index (κ1) is 13.2. The van der Waals surface area contributed by atoms with Crippen LogP contribution in [0.15, 0.2) is 28.9 Å². The smallest absolute Gasteiger partial charge is 0.276 e. The lowest BCUT2D eigenvalue weighted by atomic mass is 10.3. The minimum Gasteiger partial charge on any atom is -0.305 e. The van der Waals surface area contributed by atoms with E-state index >= 15 is 0 Å². The molecule has 18 heavy (non-hydrogen) atoms. The van der Waals surface area contributed by atoms with Crippen LogP contribution in [0.5, 0.6) is 0 Å². The molecule has 0 aliphatic carbocycles. The second-order valence-electron chi connectivity index (χ2n) is 3.13. The van der Waals surface area contributed by atoms with Gasteiger partial charge in [-0.1, -0.05) is 11.6 Å². The third-order valence-electron chi connectivity index (χ3n) is 1.88. The first-order chi connectivity index (χ1) is 8.56. The fourth-order valence-electron chi connectivity index (χ4n) is 1.18. The van der Waals surface area contributed by atoms with Gasteiger partial charge in [0.15, 0.2) is 0 Å². The van der Waals surface area contributed by atoms with Gasteiger partial charge in [-0.2, -0.15) is 0 Å². The number of aromatic nitrogens is 3. The highest BCUT2D eigenvalue weighted by Gasteiger charge is 2.12. The Morgan fingerprint density at radius 1 is 1.33 bits per heavy atom. The van der Waals surface area contributed by atoms with E-state index < -0.39 is 5.91 Å². The maximum atomic E-state index is 11.9. The van der Waals surface area contributed by atoms with Crippen molar-refractivity contribution in [1.82, 2.24) is 15.0 Å². The highest BCUT2D eigenvalue weighted by atomic mass is 79.9. The summed E-state index contributed by atoms with van der Waals surface area (Å²) in [6.45, 7) is 0. The maximum Gasteiger partial charge on any atom is 0.276 e. The number of hydrogen-bond donors (Lipinski definition) is 1. The highest BCUT2D eigenvalue weighted by Crippen LogP contribution is 2.17. The van der Waals surface area contributed by atoms with E-state index in [-0.39, 0.29) is 21.9 Å². The van der Waals surface area contributed by atoms with Crippen molar-refractivity contribution in [1.29, 1.82) is 0 Å². The Bertz CT molecular complexity index is 588. The lowest BCUT2D eigenvalue weighted by Crippen LogP contribution is -2.15. The average molecular weight is 348 g/mol. The van der Waals surface area contributed by atoms with E-state index in [4.69, 9.17) is 23.2 Å². The number of carbonyl (C=O) groups excluding carboxylic acids is 1. The van der Waals surface area contributed by atoms with Crippen LogP contribution in [-0.4, -0.2) is 20.9 Å². The number of nitrogens with zero attached hydrogens (tertiary/aromatic N) is 3. The predicted molar refractivity (Wildman–Crippen MR) is 71.9 cm³/mol. The van der Waals surface area contributed by atoms with Crippen LogP contribution < -0.4 is 5.32 Å². The van der Waals surface area contributed by atoms with Gasteiger partial charge in [-0.05, 0) is 39.7 Å². The predicted octanol–water partition coefficient (Wildman–Crippen LogP) is 3.19. The Hall–Kier alpha value is -1.24. The lowest BCUT2D eigenvalue weighted by molar-refractivity contribution is 0.102. The molecule has 0 bridgehead atoms. The van der Waals surface area contributed by atoms with Crippen LogP contribution in [0.2, 0.25) is 10.4 Å². The Morgan fingerprint density at radius 2 is 2.11 bits per heavy atom. The average Bonchev–Trinajstić information content (AvgIpc) is 2.27. The third kappa shape index (κ3) is 3.16. The summed E-state index contributed by atoms with van der Waals surface area (Å²) < 4.78 is 0.578. The number of hydrogen-bond acceptors (Lipinski definition) is 4. The van der Waals surface area contributed by atoms with E-state index in [0.717, 1.165) is 0 Å². The molecular weight excluding hydrogens is 343 g/mol. The zero-order valence-corrected chi connectivity index (χ0v) is 11.8. The lowest BCUT2D eigenvalue weighted by Gasteiger charge is -2.05. The molecule has 0 fully saturated rings. The van der Waals surface area contributed by atoms with E-state index in [9.17, 15) is 4.79 Å². The molecule has 0 radical (unpaired) electrons. The molecule has 0 aliphatic rings. The van der Waals surface area contributed by atoms with Crippen molar-refractivity contribution in [3.8, 4) is 0 Å². The van der Waals surface area contributed by atoms with Crippen LogP contribution in [0.3, 0.4) is 0 Å². The van der Waals surface area contributed by atoms with Gasteiger partial charge in [0.05, 0.1) is 0 Å². The fourth-order valence-corrected chi connectivity index (χ4v) is 2.03. The summed E-state index contributed by atoms with van der Waals surface area (Å²) in [5.41, 5.74) is 0.239. The first-order valence-corrected chi connectivity index (χ1v) is 6.23. The Morgan fingerprint density at radius 3 is 2.78 bits per heavy atom. The van der Waals surface area contributed by atoms with Crippen LogP contribution in [0.25, 0.3) is 0 Å². The van der Waals surface area contributed by atoms with E-state index in [2.05, 4.69) is 36.2 Å². The Labute approximate surface area is 121 Å². The van der Waals surface area contributed by atoms with Gasteiger partial charge in [0.2, 0.25) is 5.28 Å². The van der Waals surface area contributed by atoms with Crippen molar-refractivity contribution < 1.29 is 4.79 Å². The van der Waals surface area contributed by atoms with Gasteiger partial charge in [0.1, 0.15) is 16.7 Å². The summed E-state index contributed by atoms with van der Waals surface area (Å²) in [5.74, 6) is -0.212. The topological polar surface area (TPSA) is 67.8 Å². The van der Waals surface area contributed by atoms with E-state index in [1.807, 2.05) is 0 Å². The minimum atomic E-state index is -0.423. The summed E-state index contributed by atoms with van der Waals surface area (Å²) in [6, 6.07) is 4.81. The molecule has 2 aromatic heterocycles. The molecule has 1 N–H and O–H groups in total. The standard InChI is InChI=1S/C10H5BrCl2N4O/c11-5-2-1-3-14-8(5)9(18)16-7-4-6(12)15-10(13)17-7/h1-4H,(H,15,16,17,18). The summed E-state index contributed by atoms with van der Waals surface area (Å²) in [7, 11) is 0. The summed E-state index contributed by atoms with van der Waals surface area (Å²) in [6.07, 6.45) is 1.51. The molecule has 2 aromatic rings. The Balaban J connectivity index is 2.24. The van der Waals surface area contributed by atoms with Crippen molar-refractivity contribution in [3.63, 3.8) is 0 Å². The monoisotopic (exact) mass is 346 g/mol. The third-order valence-corrected chi connectivity index (χ3v) is 2.89. The SMILES string of the molecule is O=C(Nc1cc(Cl)nc(Cl)n1)c1ncccc1Br. The molecule has 0 unspecified atom stereocenters.